The van der Waals surface area contributed by atoms with E-state index in [1.165, 1.54) is 49.5 Å². The van der Waals surface area contributed by atoms with Crippen molar-refractivity contribution in [2.75, 3.05) is 25.1 Å². The largest absolute Gasteiger partial charge is 0.493 e. The molecule has 3 aromatic rings. The van der Waals surface area contributed by atoms with Crippen LogP contribution in [0.25, 0.3) is 0 Å². The summed E-state index contributed by atoms with van der Waals surface area (Å²) in [4.78, 5) is 28.0. The highest BCUT2D eigenvalue weighted by Gasteiger charge is 2.33. The van der Waals surface area contributed by atoms with Gasteiger partial charge in [-0.15, -0.1) is 0 Å². The van der Waals surface area contributed by atoms with Crippen LogP contribution in [0.3, 0.4) is 0 Å². The van der Waals surface area contributed by atoms with Crippen LogP contribution in [0.15, 0.2) is 71.6 Å². The molecule has 41 heavy (non-hydrogen) atoms. The van der Waals surface area contributed by atoms with E-state index in [0.717, 1.165) is 16.4 Å². The predicted molar refractivity (Wildman–Crippen MR) is 155 cm³/mol. The van der Waals surface area contributed by atoms with Crippen LogP contribution >= 0.6 is 11.6 Å². The van der Waals surface area contributed by atoms with Gasteiger partial charge in [-0.05, 0) is 74.9 Å². The molecule has 0 aliphatic rings. The SMILES string of the molecule is COc1ccc(S(=O)(=O)N(CC(=O)N(Cc2ccc(Cl)cc2)[C@H](C)C(=O)NC(C)C)c2ccc(F)cc2)cc1OC. The number of carbonyl (C=O) groups is 2. The molecule has 0 saturated carbocycles. The molecule has 0 saturated heterocycles. The molecule has 0 unspecified atom stereocenters. The van der Waals surface area contributed by atoms with Crippen molar-refractivity contribution < 1.29 is 31.9 Å². The van der Waals surface area contributed by atoms with Gasteiger partial charge in [0, 0.05) is 23.7 Å². The van der Waals surface area contributed by atoms with E-state index in [1.807, 2.05) is 0 Å². The molecule has 0 fully saturated rings. The van der Waals surface area contributed by atoms with E-state index in [-0.39, 0.29) is 28.9 Å². The van der Waals surface area contributed by atoms with Crippen molar-refractivity contribution in [2.45, 2.75) is 44.3 Å². The third-order valence-electron chi connectivity index (χ3n) is 6.20. The summed E-state index contributed by atoms with van der Waals surface area (Å²) in [5.74, 6) is -1.15. The molecule has 0 spiro atoms. The van der Waals surface area contributed by atoms with Crippen LogP contribution in [-0.4, -0.2) is 58.0 Å². The minimum absolute atomic E-state index is 0.0103. The Morgan fingerprint density at radius 1 is 0.927 bits per heavy atom. The number of ether oxygens (including phenoxy) is 2. The van der Waals surface area contributed by atoms with E-state index in [0.29, 0.717) is 16.3 Å². The molecule has 12 heteroatoms. The highest BCUT2D eigenvalue weighted by Crippen LogP contribution is 2.32. The van der Waals surface area contributed by atoms with Crippen LogP contribution < -0.4 is 19.1 Å². The van der Waals surface area contributed by atoms with Crippen LogP contribution in [0, 0.1) is 5.82 Å². The Hall–Kier alpha value is -3.83. The molecule has 3 rings (SSSR count). The minimum atomic E-state index is -4.39. The van der Waals surface area contributed by atoms with Crippen molar-refractivity contribution >= 4 is 39.1 Å². The number of hydrogen-bond donors (Lipinski definition) is 1. The molecule has 1 atom stereocenters. The fourth-order valence-electron chi connectivity index (χ4n) is 4.01. The van der Waals surface area contributed by atoms with E-state index < -0.39 is 40.2 Å². The molecule has 1 N–H and O–H groups in total. The fourth-order valence-corrected chi connectivity index (χ4v) is 5.57. The number of halogens is 2. The summed E-state index contributed by atoms with van der Waals surface area (Å²) >= 11 is 6.02. The summed E-state index contributed by atoms with van der Waals surface area (Å²) < 4.78 is 53.1. The van der Waals surface area contributed by atoms with Crippen LogP contribution in [0.5, 0.6) is 11.5 Å². The summed E-state index contributed by atoms with van der Waals surface area (Å²) in [6.45, 7) is 4.49. The van der Waals surface area contributed by atoms with Gasteiger partial charge in [0.25, 0.3) is 10.0 Å². The number of nitrogens with one attached hydrogen (secondary N) is 1. The van der Waals surface area contributed by atoms with Crippen molar-refractivity contribution in [1.29, 1.82) is 0 Å². The number of amides is 2. The lowest BCUT2D eigenvalue weighted by atomic mass is 10.1. The van der Waals surface area contributed by atoms with Crippen LogP contribution in [0.2, 0.25) is 5.02 Å². The maximum atomic E-state index is 14.0. The minimum Gasteiger partial charge on any atom is -0.493 e. The van der Waals surface area contributed by atoms with Crippen molar-refractivity contribution in [1.82, 2.24) is 10.2 Å². The Morgan fingerprint density at radius 2 is 1.54 bits per heavy atom. The van der Waals surface area contributed by atoms with Crippen LogP contribution in [-0.2, 0) is 26.2 Å². The molecule has 3 aromatic carbocycles. The van der Waals surface area contributed by atoms with E-state index in [2.05, 4.69) is 5.32 Å². The Kier molecular flexibility index (Phi) is 10.6. The molecule has 0 aliphatic carbocycles. The molecule has 0 radical (unpaired) electrons. The van der Waals surface area contributed by atoms with Gasteiger partial charge in [0.05, 0.1) is 24.8 Å². The molecular formula is C29H33ClFN3O6S. The third kappa shape index (κ3) is 7.89. The quantitative estimate of drug-likeness (QED) is 0.323. The maximum Gasteiger partial charge on any atom is 0.264 e. The number of hydrogen-bond acceptors (Lipinski definition) is 6. The highest BCUT2D eigenvalue weighted by atomic mass is 35.5. The number of methoxy groups -OCH3 is 2. The number of sulfonamides is 1. The molecule has 0 aromatic heterocycles. The van der Waals surface area contributed by atoms with E-state index in [1.54, 1.807) is 45.0 Å². The molecule has 0 heterocycles. The van der Waals surface area contributed by atoms with Gasteiger partial charge in [0.15, 0.2) is 11.5 Å². The highest BCUT2D eigenvalue weighted by molar-refractivity contribution is 7.92. The normalized spacial score (nSPS) is 12.0. The fraction of sp³-hybridized carbons (Fsp3) is 0.310. The second kappa shape index (κ2) is 13.7. The van der Waals surface area contributed by atoms with Crippen LogP contribution in [0.4, 0.5) is 10.1 Å². The molecule has 2 amide bonds. The standard InChI is InChI=1S/C29H33ClFN3O6S/c1-19(2)32-29(36)20(3)33(17-21-6-8-22(30)9-7-21)28(35)18-34(24-12-10-23(31)11-13-24)41(37,38)25-14-15-26(39-4)27(16-25)40-5/h6-16,19-20H,17-18H2,1-5H3,(H,32,36)/t20-/m1/s1. The van der Waals surface area contributed by atoms with Gasteiger partial charge in [0.1, 0.15) is 18.4 Å². The van der Waals surface area contributed by atoms with Crippen molar-refractivity contribution in [3.05, 3.63) is 83.1 Å². The summed E-state index contributed by atoms with van der Waals surface area (Å²) in [6, 6.07) is 14.4. The molecule has 0 aliphatic heterocycles. The van der Waals surface area contributed by atoms with Crippen LogP contribution in [0.1, 0.15) is 26.3 Å². The second-order valence-electron chi connectivity index (χ2n) is 9.49. The second-order valence-corrected chi connectivity index (χ2v) is 11.8. The number of nitrogens with zero attached hydrogens (tertiary/aromatic N) is 2. The average Bonchev–Trinajstić information content (AvgIpc) is 2.94. The van der Waals surface area contributed by atoms with Gasteiger partial charge in [-0.3, -0.25) is 13.9 Å². The molecule has 0 bridgehead atoms. The van der Waals surface area contributed by atoms with Gasteiger partial charge in [0.2, 0.25) is 11.8 Å². The Labute approximate surface area is 244 Å². The summed E-state index contributed by atoms with van der Waals surface area (Å²) in [7, 11) is -1.60. The zero-order valence-electron chi connectivity index (χ0n) is 23.4. The zero-order valence-corrected chi connectivity index (χ0v) is 25.0. The first-order valence-corrected chi connectivity index (χ1v) is 14.5. The summed E-state index contributed by atoms with van der Waals surface area (Å²) in [5.41, 5.74) is 0.739. The lowest BCUT2D eigenvalue weighted by molar-refractivity contribution is -0.139. The van der Waals surface area contributed by atoms with Crippen molar-refractivity contribution in [3.63, 3.8) is 0 Å². The van der Waals surface area contributed by atoms with Gasteiger partial charge < -0.3 is 19.7 Å². The lowest BCUT2D eigenvalue weighted by Gasteiger charge is -2.32. The predicted octanol–water partition coefficient (Wildman–Crippen LogP) is 4.63. The van der Waals surface area contributed by atoms with Gasteiger partial charge in [-0.2, -0.15) is 0 Å². The third-order valence-corrected chi connectivity index (χ3v) is 8.22. The number of carbonyl (C=O) groups excluding carboxylic acids is 2. The maximum absolute atomic E-state index is 14.0. The van der Waals surface area contributed by atoms with E-state index in [4.69, 9.17) is 21.1 Å². The monoisotopic (exact) mass is 605 g/mol. The van der Waals surface area contributed by atoms with Gasteiger partial charge in [-0.25, -0.2) is 12.8 Å². The van der Waals surface area contributed by atoms with E-state index in [9.17, 15) is 22.4 Å². The first-order valence-electron chi connectivity index (χ1n) is 12.7. The first-order chi connectivity index (χ1) is 19.4. The van der Waals surface area contributed by atoms with Crippen molar-refractivity contribution in [2.24, 2.45) is 0 Å². The Morgan fingerprint density at radius 3 is 2.10 bits per heavy atom. The molecule has 220 valence electrons. The zero-order chi connectivity index (χ0) is 30.3. The molecular weight excluding hydrogens is 573 g/mol. The first kappa shape index (κ1) is 31.7. The van der Waals surface area contributed by atoms with E-state index >= 15 is 0 Å². The topological polar surface area (TPSA) is 105 Å². The molecule has 9 nitrogen and oxygen atoms in total. The lowest BCUT2D eigenvalue weighted by Crippen LogP contribution is -2.52. The van der Waals surface area contributed by atoms with Gasteiger partial charge >= 0.3 is 0 Å². The summed E-state index contributed by atoms with van der Waals surface area (Å²) in [5, 5.41) is 3.29. The average molecular weight is 606 g/mol. The number of benzene rings is 3. The summed E-state index contributed by atoms with van der Waals surface area (Å²) in [6.07, 6.45) is 0. The van der Waals surface area contributed by atoms with Gasteiger partial charge in [-0.1, -0.05) is 23.7 Å². The number of anilines is 1. The Bertz CT molecular complexity index is 1470. The smallest absolute Gasteiger partial charge is 0.264 e. The van der Waals surface area contributed by atoms with Crippen molar-refractivity contribution in [3.8, 4) is 11.5 Å². The Balaban J connectivity index is 2.06. The number of rotatable bonds is 12.